The van der Waals surface area contributed by atoms with Gasteiger partial charge in [0.2, 0.25) is 0 Å². The lowest BCUT2D eigenvalue weighted by Crippen LogP contribution is -2.32. The number of carbonyl (C=O) groups excluding carboxylic acids is 1. The summed E-state index contributed by atoms with van der Waals surface area (Å²) in [7, 11) is 0. The number of fused-ring (bicyclic) bond motifs is 1. The Hall–Kier alpha value is -2.86. The van der Waals surface area contributed by atoms with Gasteiger partial charge in [-0.2, -0.15) is 0 Å². The molecule has 0 spiro atoms. The Balaban J connectivity index is 1.54. The fourth-order valence-corrected chi connectivity index (χ4v) is 3.77. The van der Waals surface area contributed by atoms with Crippen molar-refractivity contribution in [1.29, 1.82) is 0 Å². The summed E-state index contributed by atoms with van der Waals surface area (Å²) in [6.07, 6.45) is 3.40. The lowest BCUT2D eigenvalue weighted by molar-refractivity contribution is 0.0744. The van der Waals surface area contributed by atoms with Crippen molar-refractivity contribution in [3.05, 3.63) is 76.2 Å². The molecule has 5 nitrogen and oxygen atoms in total. The van der Waals surface area contributed by atoms with Gasteiger partial charge in [0.15, 0.2) is 11.5 Å². The fraction of sp³-hybridized carbons (Fsp3) is 0.273. The highest BCUT2D eigenvalue weighted by atomic mass is 32.1. The molecule has 144 valence electrons. The van der Waals surface area contributed by atoms with Gasteiger partial charge in [-0.3, -0.25) is 4.79 Å². The van der Waals surface area contributed by atoms with E-state index in [1.54, 1.807) is 23.6 Å². The van der Waals surface area contributed by atoms with Crippen molar-refractivity contribution in [3.8, 4) is 11.5 Å². The summed E-state index contributed by atoms with van der Waals surface area (Å²) < 4.78 is 11.4. The van der Waals surface area contributed by atoms with Crippen molar-refractivity contribution in [2.75, 3.05) is 19.8 Å². The molecular formula is C22H22N2O3S. The van der Waals surface area contributed by atoms with E-state index in [2.05, 4.69) is 17.1 Å². The zero-order valence-electron chi connectivity index (χ0n) is 15.5. The molecule has 0 bridgehead atoms. The molecule has 0 N–H and O–H groups in total. The molecule has 1 aliphatic rings. The second-order valence-corrected chi connectivity index (χ2v) is 7.58. The van der Waals surface area contributed by atoms with E-state index in [0.717, 1.165) is 17.8 Å². The van der Waals surface area contributed by atoms with Crippen LogP contribution in [-0.4, -0.2) is 35.5 Å². The average Bonchev–Trinajstić information content (AvgIpc) is 3.14. The number of benzene rings is 2. The van der Waals surface area contributed by atoms with Crippen LogP contribution >= 0.6 is 11.3 Å². The smallest absolute Gasteiger partial charge is 0.254 e. The Morgan fingerprint density at radius 2 is 1.89 bits per heavy atom. The number of hydrogen-bond donors (Lipinski definition) is 0. The zero-order chi connectivity index (χ0) is 19.2. The van der Waals surface area contributed by atoms with Gasteiger partial charge in [-0.05, 0) is 30.2 Å². The Kier molecular flexibility index (Phi) is 5.87. The first-order chi connectivity index (χ1) is 13.8. The zero-order valence-corrected chi connectivity index (χ0v) is 16.4. The van der Waals surface area contributed by atoms with Crippen molar-refractivity contribution in [1.82, 2.24) is 9.88 Å². The van der Waals surface area contributed by atoms with Crippen LogP contribution in [0.25, 0.3) is 0 Å². The van der Waals surface area contributed by atoms with Crippen molar-refractivity contribution in [2.45, 2.75) is 19.4 Å². The van der Waals surface area contributed by atoms with Gasteiger partial charge >= 0.3 is 0 Å². The number of ether oxygens (including phenoxy) is 2. The third-order valence-electron chi connectivity index (χ3n) is 4.60. The monoisotopic (exact) mass is 394 g/mol. The molecule has 0 atom stereocenters. The van der Waals surface area contributed by atoms with Crippen LogP contribution in [0.4, 0.5) is 0 Å². The SMILES string of the molecule is O=C(c1ccc2c(c1)OCCCO2)N(CCc1ccccc1)Cc1nccs1. The number of carbonyl (C=O) groups is 1. The lowest BCUT2D eigenvalue weighted by atomic mass is 10.1. The predicted octanol–water partition coefficient (Wildman–Crippen LogP) is 4.19. The largest absolute Gasteiger partial charge is 0.490 e. The molecule has 2 aromatic carbocycles. The van der Waals surface area contributed by atoms with Crippen molar-refractivity contribution >= 4 is 17.2 Å². The molecule has 0 fully saturated rings. The number of aromatic nitrogens is 1. The second kappa shape index (κ2) is 8.89. The minimum atomic E-state index is -0.0261. The van der Waals surface area contributed by atoms with E-state index in [0.29, 0.717) is 43.4 Å². The maximum Gasteiger partial charge on any atom is 0.254 e. The van der Waals surface area contributed by atoms with Crippen LogP contribution in [0.2, 0.25) is 0 Å². The van der Waals surface area contributed by atoms with Gasteiger partial charge in [-0.15, -0.1) is 11.3 Å². The van der Waals surface area contributed by atoms with E-state index in [9.17, 15) is 4.79 Å². The molecule has 1 amide bonds. The third kappa shape index (κ3) is 4.51. The van der Waals surface area contributed by atoms with E-state index in [4.69, 9.17) is 9.47 Å². The van der Waals surface area contributed by atoms with E-state index in [1.807, 2.05) is 40.6 Å². The quantitative estimate of drug-likeness (QED) is 0.629. The van der Waals surface area contributed by atoms with Crippen molar-refractivity contribution < 1.29 is 14.3 Å². The standard InChI is InChI=1S/C22H22N2O3S/c25-22(18-7-8-19-20(15-18)27-13-4-12-26-19)24(16-21-23-10-14-28-21)11-9-17-5-2-1-3-6-17/h1-3,5-8,10,14-15H,4,9,11-13,16H2. The maximum atomic E-state index is 13.3. The molecule has 2 heterocycles. The van der Waals surface area contributed by atoms with Gasteiger partial charge in [0, 0.05) is 30.1 Å². The fourth-order valence-electron chi connectivity index (χ4n) is 3.13. The van der Waals surface area contributed by atoms with E-state index >= 15 is 0 Å². The molecule has 1 aliphatic heterocycles. The molecule has 0 aliphatic carbocycles. The minimum absolute atomic E-state index is 0.0261. The second-order valence-electron chi connectivity index (χ2n) is 6.60. The Morgan fingerprint density at radius 1 is 1.07 bits per heavy atom. The minimum Gasteiger partial charge on any atom is -0.490 e. The Morgan fingerprint density at radius 3 is 2.68 bits per heavy atom. The number of rotatable bonds is 6. The molecular weight excluding hydrogens is 372 g/mol. The van der Waals surface area contributed by atoms with Crippen LogP contribution in [0.1, 0.15) is 27.3 Å². The molecule has 0 saturated heterocycles. The normalized spacial score (nSPS) is 13.0. The molecule has 3 aromatic rings. The highest BCUT2D eigenvalue weighted by Gasteiger charge is 2.20. The Labute approximate surface area is 168 Å². The lowest BCUT2D eigenvalue weighted by Gasteiger charge is -2.22. The molecule has 1 aromatic heterocycles. The van der Waals surface area contributed by atoms with Gasteiger partial charge in [0.25, 0.3) is 5.91 Å². The van der Waals surface area contributed by atoms with Crippen LogP contribution in [0.3, 0.4) is 0 Å². The van der Waals surface area contributed by atoms with E-state index in [1.165, 1.54) is 5.56 Å². The van der Waals surface area contributed by atoms with Crippen LogP contribution in [0.5, 0.6) is 11.5 Å². The van der Waals surface area contributed by atoms with Crippen LogP contribution in [0.15, 0.2) is 60.1 Å². The van der Waals surface area contributed by atoms with Gasteiger partial charge < -0.3 is 14.4 Å². The van der Waals surface area contributed by atoms with Gasteiger partial charge in [-0.25, -0.2) is 4.98 Å². The molecule has 0 saturated carbocycles. The van der Waals surface area contributed by atoms with E-state index in [-0.39, 0.29) is 5.91 Å². The summed E-state index contributed by atoms with van der Waals surface area (Å²) in [6.45, 7) is 2.35. The topological polar surface area (TPSA) is 51.7 Å². The molecule has 6 heteroatoms. The summed E-state index contributed by atoms with van der Waals surface area (Å²) in [5.41, 5.74) is 1.81. The number of thiazole rings is 1. The van der Waals surface area contributed by atoms with E-state index < -0.39 is 0 Å². The Bertz CT molecular complexity index is 913. The van der Waals surface area contributed by atoms with Crippen LogP contribution in [0, 0.1) is 0 Å². The van der Waals surface area contributed by atoms with Crippen molar-refractivity contribution in [3.63, 3.8) is 0 Å². The van der Waals surface area contributed by atoms with Gasteiger partial charge in [-0.1, -0.05) is 30.3 Å². The van der Waals surface area contributed by atoms with Crippen molar-refractivity contribution in [2.24, 2.45) is 0 Å². The summed E-state index contributed by atoms with van der Waals surface area (Å²) >= 11 is 1.56. The summed E-state index contributed by atoms with van der Waals surface area (Å²) in [5, 5.41) is 2.86. The average molecular weight is 394 g/mol. The molecule has 28 heavy (non-hydrogen) atoms. The highest BCUT2D eigenvalue weighted by molar-refractivity contribution is 7.09. The van der Waals surface area contributed by atoms with Crippen LogP contribution in [-0.2, 0) is 13.0 Å². The molecule has 0 radical (unpaired) electrons. The predicted molar refractivity (Wildman–Crippen MR) is 109 cm³/mol. The van der Waals surface area contributed by atoms with Gasteiger partial charge in [0.1, 0.15) is 5.01 Å². The third-order valence-corrected chi connectivity index (χ3v) is 5.37. The number of hydrogen-bond acceptors (Lipinski definition) is 5. The number of amides is 1. The summed E-state index contributed by atoms with van der Waals surface area (Å²) in [6, 6.07) is 15.6. The number of nitrogens with zero attached hydrogens (tertiary/aromatic N) is 2. The first-order valence-electron chi connectivity index (χ1n) is 9.41. The summed E-state index contributed by atoms with van der Waals surface area (Å²) in [5.74, 6) is 1.31. The molecule has 0 unspecified atom stereocenters. The highest BCUT2D eigenvalue weighted by Crippen LogP contribution is 2.31. The van der Waals surface area contributed by atoms with Crippen LogP contribution < -0.4 is 9.47 Å². The summed E-state index contributed by atoms with van der Waals surface area (Å²) in [4.78, 5) is 19.5. The maximum absolute atomic E-state index is 13.3. The first-order valence-corrected chi connectivity index (χ1v) is 10.3. The first kappa shape index (κ1) is 18.5. The molecule has 4 rings (SSSR count). The van der Waals surface area contributed by atoms with Gasteiger partial charge in [0.05, 0.1) is 19.8 Å².